The van der Waals surface area contributed by atoms with Crippen LogP contribution >= 0.6 is 0 Å². The van der Waals surface area contributed by atoms with Crippen LogP contribution in [0.25, 0.3) is 33.6 Å². The van der Waals surface area contributed by atoms with Gasteiger partial charge in [-0.05, 0) is 85.3 Å². The number of nitrogens with one attached hydrogen (secondary N) is 4. The third-order valence-corrected chi connectivity index (χ3v) is 12.0. The number of fused-ring (bicyclic) bond motifs is 2. The second kappa shape index (κ2) is 16.1. The third-order valence-electron chi connectivity index (χ3n) is 12.0. The molecular formula is C43H48N8O5. The van der Waals surface area contributed by atoms with Crippen molar-refractivity contribution in [2.24, 2.45) is 17.8 Å². The fourth-order valence-electron chi connectivity index (χ4n) is 9.05. The highest BCUT2D eigenvalue weighted by Gasteiger charge is 2.52. The lowest BCUT2D eigenvalue weighted by Crippen LogP contribution is -2.54. The Balaban J connectivity index is 0.918. The molecule has 13 nitrogen and oxygen atoms in total. The fraction of sp³-hybridized carbons (Fsp3) is 0.395. The van der Waals surface area contributed by atoms with Crippen LogP contribution in [0.3, 0.4) is 0 Å². The molecule has 0 radical (unpaired) electrons. The van der Waals surface area contributed by atoms with Crippen LogP contribution in [-0.2, 0) is 25.6 Å². The zero-order chi connectivity index (χ0) is 38.8. The van der Waals surface area contributed by atoms with Gasteiger partial charge in [0, 0.05) is 25.8 Å². The lowest BCUT2D eigenvalue weighted by molar-refractivity contribution is -0.137. The highest BCUT2D eigenvalue weighted by atomic mass is 16.5. The molecule has 7 atom stereocenters. The number of methoxy groups -OCH3 is 2. The molecule has 290 valence electrons. The first-order valence-electron chi connectivity index (χ1n) is 19.5. The Morgan fingerprint density at radius 2 is 1.46 bits per heavy atom. The SMILES string of the molecule is COC(=O)N[C@H](C(=O)N1CCC[C@H]1c1ncc(-c2ccc(-c3ccc(-c4cnc([C@@H]5C6CCC(C6)[C@H]5C(=O)NCc5ccccn5)[nH]4)cc3)cc2)[nH]1)[C@@H](C)OC. The van der Waals surface area contributed by atoms with Gasteiger partial charge in [0.05, 0.1) is 61.2 Å². The van der Waals surface area contributed by atoms with Crippen molar-refractivity contribution in [3.8, 4) is 33.6 Å². The average molecular weight is 757 g/mol. The molecule has 8 rings (SSSR count). The standard InChI is InChI=1S/C43H48N8O5/c1-25(55-2)38(50-43(54)56-3)42(53)51-20-6-8-35(51)39-45-23-33(48-39)28-13-9-26(10-14-28)27-11-15-29(16-12-27)34-24-46-40(49-34)36-30-17-18-31(21-30)37(36)41(52)47-22-32-7-4-5-19-44-32/h4-5,7,9-16,19,23-25,30-31,35-38H,6,8,17-18,20-22H2,1-3H3,(H,45,48)(H,46,49)(H,47,52)(H,50,54)/t25-,30?,31?,35+,36-,37-,38+/m1/s1. The number of alkyl carbamates (subject to hydrolysis) is 1. The third kappa shape index (κ3) is 7.43. The van der Waals surface area contributed by atoms with Gasteiger partial charge in [-0.25, -0.2) is 14.8 Å². The monoisotopic (exact) mass is 756 g/mol. The van der Waals surface area contributed by atoms with Gasteiger partial charge in [-0.2, -0.15) is 0 Å². The minimum atomic E-state index is -0.885. The van der Waals surface area contributed by atoms with Crippen LogP contribution < -0.4 is 10.6 Å². The molecule has 2 aromatic carbocycles. The van der Waals surface area contributed by atoms with E-state index in [9.17, 15) is 14.4 Å². The van der Waals surface area contributed by atoms with Gasteiger partial charge in [-0.15, -0.1) is 0 Å². The number of amides is 3. The van der Waals surface area contributed by atoms with Crippen LogP contribution in [0.4, 0.5) is 4.79 Å². The molecule has 2 saturated carbocycles. The number of nitrogens with zero attached hydrogens (tertiary/aromatic N) is 4. The minimum absolute atomic E-state index is 0.0852. The molecule has 1 aliphatic heterocycles. The lowest BCUT2D eigenvalue weighted by Gasteiger charge is -2.30. The van der Waals surface area contributed by atoms with E-state index in [-0.39, 0.29) is 29.7 Å². The van der Waals surface area contributed by atoms with Gasteiger partial charge < -0.3 is 35.0 Å². The number of aromatic amines is 2. The average Bonchev–Trinajstić information content (AvgIpc) is 4.10. The highest BCUT2D eigenvalue weighted by molar-refractivity contribution is 5.87. The second-order valence-corrected chi connectivity index (χ2v) is 15.2. The zero-order valence-corrected chi connectivity index (χ0v) is 31.9. The van der Waals surface area contributed by atoms with E-state index in [1.807, 2.05) is 24.4 Å². The van der Waals surface area contributed by atoms with Crippen LogP contribution in [0, 0.1) is 17.8 Å². The first-order chi connectivity index (χ1) is 27.3. The van der Waals surface area contributed by atoms with Gasteiger partial charge in [0.2, 0.25) is 11.8 Å². The summed E-state index contributed by atoms with van der Waals surface area (Å²) in [4.78, 5) is 61.8. The van der Waals surface area contributed by atoms with Crippen molar-refractivity contribution in [3.05, 3.63) is 103 Å². The molecule has 56 heavy (non-hydrogen) atoms. The number of rotatable bonds is 12. The number of pyridine rings is 1. The Morgan fingerprint density at radius 3 is 2.11 bits per heavy atom. The molecule has 3 fully saturated rings. The minimum Gasteiger partial charge on any atom is -0.453 e. The van der Waals surface area contributed by atoms with Gasteiger partial charge in [-0.1, -0.05) is 54.6 Å². The first kappa shape index (κ1) is 37.1. The van der Waals surface area contributed by atoms with Crippen molar-refractivity contribution < 1.29 is 23.9 Å². The van der Waals surface area contributed by atoms with Crippen LogP contribution in [-0.4, -0.2) is 80.6 Å². The van der Waals surface area contributed by atoms with Crippen molar-refractivity contribution in [1.82, 2.24) is 40.5 Å². The van der Waals surface area contributed by atoms with Crippen LogP contribution in [0.2, 0.25) is 0 Å². The van der Waals surface area contributed by atoms with Crippen LogP contribution in [0.15, 0.2) is 85.3 Å². The topological polar surface area (TPSA) is 167 Å². The highest BCUT2D eigenvalue weighted by Crippen LogP contribution is 2.56. The summed E-state index contributed by atoms with van der Waals surface area (Å²) in [5.41, 5.74) is 6.84. The van der Waals surface area contributed by atoms with E-state index in [1.54, 1.807) is 24.2 Å². The Bertz CT molecular complexity index is 2150. The maximum Gasteiger partial charge on any atom is 0.407 e. The zero-order valence-electron chi connectivity index (χ0n) is 31.9. The van der Waals surface area contributed by atoms with Gasteiger partial charge in [0.1, 0.15) is 17.7 Å². The summed E-state index contributed by atoms with van der Waals surface area (Å²) in [5, 5.41) is 5.78. The number of hydrogen-bond acceptors (Lipinski definition) is 8. The smallest absolute Gasteiger partial charge is 0.407 e. The molecular weight excluding hydrogens is 709 g/mol. The molecule has 5 aromatic rings. The largest absolute Gasteiger partial charge is 0.453 e. The number of likely N-dealkylation sites (tertiary alicyclic amines) is 1. The number of H-pyrrole nitrogens is 2. The number of imidazole rings is 2. The molecule has 2 aliphatic carbocycles. The van der Waals surface area contributed by atoms with E-state index >= 15 is 0 Å². The molecule has 1 saturated heterocycles. The number of aromatic nitrogens is 5. The molecule has 0 spiro atoms. The first-order valence-corrected chi connectivity index (χ1v) is 19.5. The summed E-state index contributed by atoms with van der Waals surface area (Å²) in [6.45, 7) is 2.73. The van der Waals surface area contributed by atoms with Crippen molar-refractivity contribution >= 4 is 17.9 Å². The quantitative estimate of drug-likeness (QED) is 0.114. The molecule has 2 unspecified atom stereocenters. The predicted molar refractivity (Wildman–Crippen MR) is 210 cm³/mol. The van der Waals surface area contributed by atoms with Crippen molar-refractivity contribution in [2.75, 3.05) is 20.8 Å². The van der Waals surface area contributed by atoms with Crippen molar-refractivity contribution in [3.63, 3.8) is 0 Å². The number of carbonyl (C=O) groups excluding carboxylic acids is 3. The van der Waals surface area contributed by atoms with Crippen molar-refractivity contribution in [1.29, 1.82) is 0 Å². The maximum atomic E-state index is 13.6. The maximum absolute atomic E-state index is 13.6. The molecule has 3 amide bonds. The lowest BCUT2D eigenvalue weighted by atomic mass is 9.78. The van der Waals surface area contributed by atoms with Gasteiger partial charge >= 0.3 is 6.09 Å². The number of ether oxygens (including phenoxy) is 2. The molecule has 2 bridgehead atoms. The van der Waals surface area contributed by atoms with Crippen LogP contribution in [0.5, 0.6) is 0 Å². The number of hydrogen-bond donors (Lipinski definition) is 4. The summed E-state index contributed by atoms with van der Waals surface area (Å²) >= 11 is 0. The molecule has 4 N–H and O–H groups in total. The van der Waals surface area contributed by atoms with E-state index in [4.69, 9.17) is 14.5 Å². The summed E-state index contributed by atoms with van der Waals surface area (Å²) < 4.78 is 10.2. The molecule has 3 aromatic heterocycles. The number of carbonyl (C=O) groups is 3. The van der Waals surface area contributed by atoms with E-state index in [0.29, 0.717) is 30.7 Å². The Hall–Kier alpha value is -5.82. The predicted octanol–water partition coefficient (Wildman–Crippen LogP) is 6.40. The molecule has 13 heteroatoms. The summed E-state index contributed by atoms with van der Waals surface area (Å²) in [7, 11) is 2.77. The van der Waals surface area contributed by atoms with Gasteiger partial charge in [-0.3, -0.25) is 14.6 Å². The fourth-order valence-corrected chi connectivity index (χ4v) is 9.05. The Kier molecular flexibility index (Phi) is 10.7. The summed E-state index contributed by atoms with van der Waals surface area (Å²) in [5.74, 6) is 2.31. The van der Waals surface area contributed by atoms with E-state index in [2.05, 4.69) is 79.1 Å². The Labute approximate surface area is 326 Å². The van der Waals surface area contributed by atoms with E-state index in [1.165, 1.54) is 14.2 Å². The second-order valence-electron chi connectivity index (χ2n) is 15.2. The van der Waals surface area contributed by atoms with Gasteiger partial charge in [0.25, 0.3) is 0 Å². The molecule has 4 heterocycles. The Morgan fingerprint density at radius 1 is 0.821 bits per heavy atom. The number of benzene rings is 2. The normalized spacial score (nSPS) is 22.5. The van der Waals surface area contributed by atoms with Gasteiger partial charge in [0.15, 0.2) is 0 Å². The molecule has 3 aliphatic rings. The van der Waals surface area contributed by atoms with E-state index in [0.717, 1.165) is 77.3 Å². The van der Waals surface area contributed by atoms with E-state index < -0.39 is 18.2 Å². The summed E-state index contributed by atoms with van der Waals surface area (Å²) in [6, 6.07) is 21.4. The summed E-state index contributed by atoms with van der Waals surface area (Å²) in [6.07, 6.45) is 9.10. The van der Waals surface area contributed by atoms with Crippen LogP contribution in [0.1, 0.15) is 68.3 Å². The van der Waals surface area contributed by atoms with Crippen molar-refractivity contribution in [2.45, 2.75) is 69.7 Å².